The third kappa shape index (κ3) is 2.97. The summed E-state index contributed by atoms with van der Waals surface area (Å²) in [5.74, 6) is 1.44. The van der Waals surface area contributed by atoms with Crippen LogP contribution in [-0.4, -0.2) is 41.4 Å². The minimum absolute atomic E-state index is 0.152. The number of pyridine rings is 1. The lowest BCUT2D eigenvalue weighted by Gasteiger charge is -2.13. The third-order valence-electron chi connectivity index (χ3n) is 3.81. The molecule has 0 spiro atoms. The number of hydrogen-bond acceptors (Lipinski definition) is 6. The average molecular weight is 306 g/mol. The summed E-state index contributed by atoms with van der Waals surface area (Å²) in [4.78, 5) is 12.9. The van der Waals surface area contributed by atoms with Crippen molar-refractivity contribution in [2.24, 2.45) is 5.92 Å². The summed E-state index contributed by atoms with van der Waals surface area (Å²) < 4.78 is 23.0. The predicted octanol–water partition coefficient (Wildman–Crippen LogP) is 1.49. The van der Waals surface area contributed by atoms with E-state index in [0.717, 1.165) is 22.5 Å². The van der Waals surface area contributed by atoms with E-state index in [9.17, 15) is 8.42 Å². The van der Waals surface area contributed by atoms with Crippen LogP contribution in [0.2, 0.25) is 0 Å². The molecule has 3 rings (SSSR count). The highest BCUT2D eigenvalue weighted by Gasteiger charge is 2.27. The highest BCUT2D eigenvalue weighted by molar-refractivity contribution is 7.91. The quantitative estimate of drug-likeness (QED) is 0.924. The van der Waals surface area contributed by atoms with Gasteiger partial charge in [-0.1, -0.05) is 0 Å². The number of nitrogens with zero attached hydrogens (tertiary/aromatic N) is 3. The Labute approximate surface area is 123 Å². The highest BCUT2D eigenvalue weighted by Crippen LogP contribution is 2.24. The normalized spacial score (nSPS) is 20.8. The van der Waals surface area contributed by atoms with Gasteiger partial charge in [-0.15, -0.1) is 0 Å². The minimum Gasteiger partial charge on any atom is -0.369 e. The van der Waals surface area contributed by atoms with Crippen molar-refractivity contribution in [3.63, 3.8) is 0 Å². The summed E-state index contributed by atoms with van der Waals surface area (Å²) in [6.07, 6.45) is 2.20. The molecule has 2 aromatic heterocycles. The number of aryl methyl sites for hydroxylation is 2. The molecule has 1 saturated heterocycles. The summed E-state index contributed by atoms with van der Waals surface area (Å²) in [7, 11) is -2.84. The van der Waals surface area contributed by atoms with Crippen molar-refractivity contribution in [2.45, 2.75) is 20.3 Å². The molecule has 1 N–H and O–H groups in total. The fourth-order valence-electron chi connectivity index (χ4n) is 2.82. The Morgan fingerprint density at radius 3 is 2.86 bits per heavy atom. The van der Waals surface area contributed by atoms with Crippen LogP contribution in [0.15, 0.2) is 12.4 Å². The molecule has 1 aliphatic rings. The number of fused-ring (bicyclic) bond motifs is 1. The lowest BCUT2D eigenvalue weighted by molar-refractivity contribution is 0.596. The van der Waals surface area contributed by atoms with Gasteiger partial charge in [-0.05, 0) is 37.8 Å². The molecule has 0 amide bonds. The third-order valence-corrected chi connectivity index (χ3v) is 5.65. The molecule has 0 unspecified atom stereocenters. The van der Waals surface area contributed by atoms with E-state index < -0.39 is 9.84 Å². The van der Waals surface area contributed by atoms with Gasteiger partial charge in [-0.2, -0.15) is 0 Å². The molecule has 7 heteroatoms. The first kappa shape index (κ1) is 14.2. The molecular formula is C14H18N4O2S. The van der Waals surface area contributed by atoms with E-state index in [0.29, 0.717) is 24.4 Å². The predicted molar refractivity (Wildman–Crippen MR) is 82.1 cm³/mol. The molecule has 2 aromatic rings. The molecule has 1 aliphatic heterocycles. The fourth-order valence-corrected chi connectivity index (χ4v) is 4.68. The Bertz CT molecular complexity index is 789. The molecular weight excluding hydrogens is 288 g/mol. The largest absolute Gasteiger partial charge is 0.369 e. The van der Waals surface area contributed by atoms with Crippen molar-refractivity contribution < 1.29 is 8.42 Å². The molecule has 0 saturated carbocycles. The first-order valence-electron chi connectivity index (χ1n) is 6.98. The van der Waals surface area contributed by atoms with Crippen molar-refractivity contribution in [3.05, 3.63) is 23.7 Å². The van der Waals surface area contributed by atoms with Crippen LogP contribution in [0.1, 0.15) is 17.7 Å². The number of nitrogens with one attached hydrogen (secondary N) is 1. The van der Waals surface area contributed by atoms with Gasteiger partial charge in [0.2, 0.25) is 0 Å². The van der Waals surface area contributed by atoms with E-state index in [-0.39, 0.29) is 11.7 Å². The van der Waals surface area contributed by atoms with Crippen molar-refractivity contribution in [1.29, 1.82) is 0 Å². The van der Waals surface area contributed by atoms with Crippen molar-refractivity contribution in [1.82, 2.24) is 15.0 Å². The van der Waals surface area contributed by atoms with Gasteiger partial charge in [0.05, 0.1) is 16.9 Å². The lowest BCUT2D eigenvalue weighted by Crippen LogP contribution is -2.16. The molecule has 1 atom stereocenters. The van der Waals surface area contributed by atoms with Gasteiger partial charge >= 0.3 is 0 Å². The smallest absolute Gasteiger partial charge is 0.165 e. The Morgan fingerprint density at radius 2 is 2.14 bits per heavy atom. The van der Waals surface area contributed by atoms with Crippen LogP contribution in [0, 0.1) is 19.8 Å². The van der Waals surface area contributed by atoms with E-state index in [1.54, 1.807) is 0 Å². The van der Waals surface area contributed by atoms with Crippen LogP contribution < -0.4 is 5.32 Å². The number of sulfone groups is 1. The van der Waals surface area contributed by atoms with Gasteiger partial charge in [0.1, 0.15) is 12.1 Å². The van der Waals surface area contributed by atoms with Crippen molar-refractivity contribution >= 4 is 26.7 Å². The number of hydrogen-bond donors (Lipinski definition) is 1. The maximum atomic E-state index is 11.5. The van der Waals surface area contributed by atoms with Crippen molar-refractivity contribution in [3.8, 4) is 0 Å². The molecule has 0 aliphatic carbocycles. The highest BCUT2D eigenvalue weighted by atomic mass is 32.2. The van der Waals surface area contributed by atoms with Gasteiger partial charge in [-0.3, -0.25) is 0 Å². The van der Waals surface area contributed by atoms with E-state index in [1.165, 1.54) is 6.33 Å². The number of rotatable bonds is 3. The minimum atomic E-state index is -2.84. The zero-order valence-electron chi connectivity index (χ0n) is 12.1. The summed E-state index contributed by atoms with van der Waals surface area (Å²) in [6.45, 7) is 4.55. The summed E-state index contributed by atoms with van der Waals surface area (Å²) in [5.41, 5.74) is 2.66. The SMILES string of the molecule is Cc1cc(C)c2c(NC[C@H]3CCS(=O)(=O)C3)ncnc2n1. The standard InChI is InChI=1S/C14H18N4O2S/c1-9-5-10(2)18-14-12(9)13(16-8-17-14)15-6-11-3-4-21(19,20)7-11/h5,8,11H,3-4,6-7H2,1-2H3,(H,15,16,17,18)/t11-/m1/s1. The summed E-state index contributed by atoms with van der Waals surface area (Å²) in [5, 5.41) is 4.18. The van der Waals surface area contributed by atoms with Gasteiger partial charge in [0.15, 0.2) is 15.5 Å². The zero-order valence-corrected chi connectivity index (χ0v) is 12.9. The Hall–Kier alpha value is -1.76. The van der Waals surface area contributed by atoms with E-state index in [2.05, 4.69) is 20.3 Å². The number of anilines is 1. The Kier molecular flexibility index (Phi) is 3.52. The topological polar surface area (TPSA) is 84.8 Å². The molecule has 0 aromatic carbocycles. The zero-order chi connectivity index (χ0) is 15.0. The second kappa shape index (κ2) is 5.22. The van der Waals surface area contributed by atoms with Crippen molar-refractivity contribution in [2.75, 3.05) is 23.4 Å². The molecule has 112 valence electrons. The van der Waals surface area contributed by atoms with Gasteiger partial charge in [0, 0.05) is 12.2 Å². The van der Waals surface area contributed by atoms with E-state index in [1.807, 2.05) is 19.9 Å². The fraction of sp³-hybridized carbons (Fsp3) is 0.500. The van der Waals surface area contributed by atoms with Crippen LogP contribution >= 0.6 is 0 Å². The molecule has 0 radical (unpaired) electrons. The van der Waals surface area contributed by atoms with Crippen LogP contribution in [0.3, 0.4) is 0 Å². The van der Waals surface area contributed by atoms with Crippen LogP contribution in [0.5, 0.6) is 0 Å². The van der Waals surface area contributed by atoms with Crippen LogP contribution in [0.25, 0.3) is 11.0 Å². The monoisotopic (exact) mass is 306 g/mol. The first-order chi connectivity index (χ1) is 9.94. The maximum absolute atomic E-state index is 11.5. The van der Waals surface area contributed by atoms with Gasteiger partial charge in [0.25, 0.3) is 0 Å². The second-order valence-corrected chi connectivity index (χ2v) is 7.88. The second-order valence-electron chi connectivity index (χ2n) is 5.65. The molecule has 0 bridgehead atoms. The Balaban J connectivity index is 1.85. The molecule has 3 heterocycles. The van der Waals surface area contributed by atoms with Crippen LogP contribution in [0.4, 0.5) is 5.82 Å². The van der Waals surface area contributed by atoms with Gasteiger partial charge in [-0.25, -0.2) is 23.4 Å². The van der Waals surface area contributed by atoms with E-state index >= 15 is 0 Å². The van der Waals surface area contributed by atoms with Gasteiger partial charge < -0.3 is 5.32 Å². The molecule has 6 nitrogen and oxygen atoms in total. The lowest BCUT2D eigenvalue weighted by atomic mass is 10.1. The Morgan fingerprint density at radius 1 is 1.33 bits per heavy atom. The van der Waals surface area contributed by atoms with Crippen LogP contribution in [-0.2, 0) is 9.84 Å². The average Bonchev–Trinajstić information content (AvgIpc) is 2.75. The summed E-state index contributed by atoms with van der Waals surface area (Å²) >= 11 is 0. The number of aromatic nitrogens is 3. The summed E-state index contributed by atoms with van der Waals surface area (Å²) in [6, 6.07) is 2.00. The maximum Gasteiger partial charge on any atom is 0.165 e. The molecule has 1 fully saturated rings. The first-order valence-corrected chi connectivity index (χ1v) is 8.80. The van der Waals surface area contributed by atoms with E-state index in [4.69, 9.17) is 0 Å². The molecule has 21 heavy (non-hydrogen) atoms.